The maximum Gasteiger partial charge on any atom is 0.233 e. The van der Waals surface area contributed by atoms with Crippen LogP contribution in [0.25, 0.3) is 0 Å². The van der Waals surface area contributed by atoms with Crippen LogP contribution in [0.2, 0.25) is 0 Å². The first-order valence-electron chi connectivity index (χ1n) is 5.53. The first-order chi connectivity index (χ1) is 7.72. The van der Waals surface area contributed by atoms with Crippen molar-refractivity contribution >= 4 is 27.5 Å². The minimum absolute atomic E-state index is 0.0466. The third-order valence-corrected chi connectivity index (χ3v) is 3.23. The van der Waals surface area contributed by atoms with Crippen molar-refractivity contribution in [1.29, 1.82) is 0 Å². The largest absolute Gasteiger partial charge is 0.325 e. The van der Waals surface area contributed by atoms with E-state index in [0.717, 1.165) is 28.7 Å². The van der Waals surface area contributed by atoms with E-state index in [0.29, 0.717) is 6.54 Å². The lowest BCUT2D eigenvalue weighted by molar-refractivity contribution is -0.116. The molecule has 1 heterocycles. The molecule has 0 saturated heterocycles. The highest BCUT2D eigenvalue weighted by molar-refractivity contribution is 9.10. The minimum atomic E-state index is -0.0466. The number of anilines is 1. The molecule has 0 radical (unpaired) electrons. The quantitative estimate of drug-likeness (QED) is 0.833. The Morgan fingerprint density at radius 1 is 1.50 bits per heavy atom. The van der Waals surface area contributed by atoms with Crippen LogP contribution in [0.3, 0.4) is 0 Å². The molecule has 16 heavy (non-hydrogen) atoms. The number of nitrogens with one attached hydrogen (secondary N) is 2. The number of carbonyl (C=O) groups excluding carboxylic acids is 1. The molecule has 0 saturated carbocycles. The topological polar surface area (TPSA) is 41.1 Å². The zero-order valence-electron chi connectivity index (χ0n) is 9.22. The average molecular weight is 283 g/mol. The van der Waals surface area contributed by atoms with Gasteiger partial charge in [-0.05, 0) is 30.7 Å². The van der Waals surface area contributed by atoms with Gasteiger partial charge in [-0.3, -0.25) is 4.79 Å². The number of benzene rings is 1. The summed E-state index contributed by atoms with van der Waals surface area (Å²) in [6.07, 6.45) is 1.08. The number of amides is 1. The molecular formula is C12H15BrN2O. The van der Waals surface area contributed by atoms with E-state index < -0.39 is 0 Å². The number of hydrogen-bond acceptors (Lipinski definition) is 2. The van der Waals surface area contributed by atoms with Crippen molar-refractivity contribution in [3.05, 3.63) is 28.2 Å². The molecular weight excluding hydrogens is 268 g/mol. The highest BCUT2D eigenvalue weighted by Gasteiger charge is 2.29. The summed E-state index contributed by atoms with van der Waals surface area (Å²) in [6, 6.07) is 5.94. The van der Waals surface area contributed by atoms with Gasteiger partial charge >= 0.3 is 0 Å². The Morgan fingerprint density at radius 2 is 2.31 bits per heavy atom. The standard InChI is InChI=1S/C12H15BrN2O/c1-2-5-14-7-10-9-4-3-8(13)6-11(9)15-12(10)16/h3-4,6,10,14H,2,5,7H2,1H3,(H,15,16). The first kappa shape index (κ1) is 11.6. The van der Waals surface area contributed by atoms with Gasteiger partial charge in [0.2, 0.25) is 5.91 Å². The molecule has 0 bridgehead atoms. The number of carbonyl (C=O) groups is 1. The predicted molar refractivity (Wildman–Crippen MR) is 68.7 cm³/mol. The maximum atomic E-state index is 11.8. The van der Waals surface area contributed by atoms with Crippen molar-refractivity contribution in [2.24, 2.45) is 0 Å². The lowest BCUT2D eigenvalue weighted by Crippen LogP contribution is -2.26. The highest BCUT2D eigenvalue weighted by Crippen LogP contribution is 2.33. The van der Waals surface area contributed by atoms with E-state index in [4.69, 9.17) is 0 Å². The van der Waals surface area contributed by atoms with Crippen molar-refractivity contribution in [1.82, 2.24) is 5.32 Å². The van der Waals surface area contributed by atoms with E-state index in [1.54, 1.807) is 0 Å². The second-order valence-corrected chi connectivity index (χ2v) is 4.89. The summed E-state index contributed by atoms with van der Waals surface area (Å²) in [5.41, 5.74) is 2.03. The molecule has 0 spiro atoms. The van der Waals surface area contributed by atoms with Gasteiger partial charge in [0, 0.05) is 16.7 Å². The minimum Gasteiger partial charge on any atom is -0.325 e. The Hall–Kier alpha value is -0.870. The van der Waals surface area contributed by atoms with Crippen LogP contribution in [0, 0.1) is 0 Å². The van der Waals surface area contributed by atoms with Crippen molar-refractivity contribution in [2.45, 2.75) is 19.3 Å². The Labute approximate surface area is 104 Å². The van der Waals surface area contributed by atoms with Crippen LogP contribution in [0.1, 0.15) is 24.8 Å². The number of rotatable bonds is 4. The highest BCUT2D eigenvalue weighted by atomic mass is 79.9. The SMILES string of the molecule is CCCNCC1C(=O)Nc2cc(Br)ccc21. The molecule has 2 rings (SSSR count). The monoisotopic (exact) mass is 282 g/mol. The van der Waals surface area contributed by atoms with E-state index in [-0.39, 0.29) is 11.8 Å². The summed E-state index contributed by atoms with van der Waals surface area (Å²) in [5.74, 6) is 0.0475. The van der Waals surface area contributed by atoms with E-state index in [1.165, 1.54) is 0 Å². The second kappa shape index (κ2) is 4.97. The van der Waals surface area contributed by atoms with E-state index in [2.05, 4.69) is 33.5 Å². The average Bonchev–Trinajstić information content (AvgIpc) is 2.55. The van der Waals surface area contributed by atoms with Gasteiger partial charge < -0.3 is 10.6 Å². The molecule has 1 atom stereocenters. The van der Waals surface area contributed by atoms with E-state index >= 15 is 0 Å². The Kier molecular flexibility index (Phi) is 3.61. The van der Waals surface area contributed by atoms with Crippen LogP contribution in [-0.4, -0.2) is 19.0 Å². The molecule has 0 aliphatic carbocycles. The molecule has 0 aromatic heterocycles. The molecule has 1 unspecified atom stereocenters. The van der Waals surface area contributed by atoms with Gasteiger partial charge in [0.25, 0.3) is 0 Å². The summed E-state index contributed by atoms with van der Waals surface area (Å²) in [5, 5.41) is 6.20. The molecule has 4 heteroatoms. The normalized spacial score (nSPS) is 18.4. The van der Waals surface area contributed by atoms with Crippen molar-refractivity contribution in [2.75, 3.05) is 18.4 Å². The Balaban J connectivity index is 2.13. The van der Waals surface area contributed by atoms with Crippen LogP contribution in [0.4, 0.5) is 5.69 Å². The molecule has 1 aromatic rings. The van der Waals surface area contributed by atoms with Crippen LogP contribution in [0.5, 0.6) is 0 Å². The zero-order valence-corrected chi connectivity index (χ0v) is 10.8. The summed E-state index contributed by atoms with van der Waals surface area (Å²) in [6.45, 7) is 3.79. The number of halogens is 1. The number of hydrogen-bond donors (Lipinski definition) is 2. The second-order valence-electron chi connectivity index (χ2n) is 3.98. The van der Waals surface area contributed by atoms with E-state index in [9.17, 15) is 4.79 Å². The smallest absolute Gasteiger partial charge is 0.233 e. The first-order valence-corrected chi connectivity index (χ1v) is 6.32. The molecule has 1 aliphatic heterocycles. The predicted octanol–water partition coefficient (Wildman–Crippen LogP) is 2.48. The maximum absolute atomic E-state index is 11.8. The molecule has 0 fully saturated rings. The fourth-order valence-corrected chi connectivity index (χ4v) is 2.29. The molecule has 1 aliphatic rings. The van der Waals surface area contributed by atoms with Crippen molar-refractivity contribution < 1.29 is 4.79 Å². The van der Waals surface area contributed by atoms with Gasteiger partial charge in [-0.2, -0.15) is 0 Å². The lowest BCUT2D eigenvalue weighted by Gasteiger charge is -2.09. The van der Waals surface area contributed by atoms with E-state index in [1.807, 2.05) is 18.2 Å². The van der Waals surface area contributed by atoms with Gasteiger partial charge in [-0.1, -0.05) is 28.9 Å². The third kappa shape index (κ3) is 2.28. The summed E-state index contributed by atoms with van der Waals surface area (Å²) in [4.78, 5) is 11.8. The number of fused-ring (bicyclic) bond motifs is 1. The van der Waals surface area contributed by atoms with Crippen LogP contribution >= 0.6 is 15.9 Å². The van der Waals surface area contributed by atoms with Crippen molar-refractivity contribution in [3.8, 4) is 0 Å². The Morgan fingerprint density at radius 3 is 3.06 bits per heavy atom. The van der Waals surface area contributed by atoms with Gasteiger partial charge in [-0.15, -0.1) is 0 Å². The van der Waals surface area contributed by atoms with Crippen LogP contribution < -0.4 is 10.6 Å². The van der Waals surface area contributed by atoms with Gasteiger partial charge in [0.1, 0.15) is 0 Å². The molecule has 1 aromatic carbocycles. The molecule has 86 valence electrons. The Bertz CT molecular complexity index is 406. The summed E-state index contributed by atoms with van der Waals surface area (Å²) < 4.78 is 0.994. The van der Waals surface area contributed by atoms with Crippen LogP contribution in [0.15, 0.2) is 22.7 Å². The zero-order chi connectivity index (χ0) is 11.5. The molecule has 2 N–H and O–H groups in total. The molecule has 3 nitrogen and oxygen atoms in total. The van der Waals surface area contributed by atoms with Crippen LogP contribution in [-0.2, 0) is 4.79 Å². The van der Waals surface area contributed by atoms with Gasteiger partial charge in [0.05, 0.1) is 5.92 Å². The lowest BCUT2D eigenvalue weighted by atomic mass is 10.0. The fourth-order valence-electron chi connectivity index (χ4n) is 1.93. The summed E-state index contributed by atoms with van der Waals surface area (Å²) in [7, 11) is 0. The molecule has 1 amide bonds. The van der Waals surface area contributed by atoms with Crippen molar-refractivity contribution in [3.63, 3.8) is 0 Å². The fraction of sp³-hybridized carbons (Fsp3) is 0.417. The van der Waals surface area contributed by atoms with Gasteiger partial charge in [-0.25, -0.2) is 0 Å². The third-order valence-electron chi connectivity index (χ3n) is 2.74. The van der Waals surface area contributed by atoms with Gasteiger partial charge in [0.15, 0.2) is 0 Å². The summed E-state index contributed by atoms with van der Waals surface area (Å²) >= 11 is 3.40.